The third-order valence-corrected chi connectivity index (χ3v) is 3.09. The van der Waals surface area contributed by atoms with Crippen molar-refractivity contribution in [3.63, 3.8) is 0 Å². The number of nitrogens with one attached hydrogen (secondary N) is 2. The number of carbonyl (C=O) groups excluding carboxylic acids is 1. The zero-order chi connectivity index (χ0) is 15.2. The number of aliphatic hydroxyl groups excluding tert-OH is 1. The lowest BCUT2D eigenvalue weighted by molar-refractivity contribution is 0.130. The summed E-state index contributed by atoms with van der Waals surface area (Å²) in [5.41, 5.74) is 1.59. The third-order valence-electron chi connectivity index (χ3n) is 3.09. The van der Waals surface area contributed by atoms with Gasteiger partial charge in [0.05, 0.1) is 6.26 Å². The number of furan rings is 1. The average Bonchev–Trinajstić information content (AvgIpc) is 2.95. The smallest absolute Gasteiger partial charge is 0.319 e. The number of nitrogens with zero attached hydrogens (tertiary/aromatic N) is 1. The molecule has 3 N–H and O–H groups in total. The molecule has 21 heavy (non-hydrogen) atoms. The molecule has 0 radical (unpaired) electrons. The van der Waals surface area contributed by atoms with Crippen LogP contribution in [0, 0.1) is 6.92 Å². The van der Waals surface area contributed by atoms with E-state index in [1.165, 1.54) is 6.26 Å². The predicted octanol–water partition coefficient (Wildman–Crippen LogP) is 2.62. The fraction of sp³-hybridized carbons (Fsp3) is 0.333. The topological polar surface area (TPSA) is 87.4 Å². The second kappa shape index (κ2) is 6.90. The highest BCUT2D eigenvalue weighted by Gasteiger charge is 2.16. The maximum absolute atomic E-state index is 11.9. The van der Waals surface area contributed by atoms with E-state index < -0.39 is 6.10 Å². The molecule has 0 aromatic carbocycles. The van der Waals surface area contributed by atoms with Crippen LogP contribution in [-0.2, 0) is 0 Å². The molecular weight excluding hydrogens is 270 g/mol. The van der Waals surface area contributed by atoms with E-state index >= 15 is 0 Å². The van der Waals surface area contributed by atoms with Crippen molar-refractivity contribution in [1.29, 1.82) is 0 Å². The molecule has 0 saturated heterocycles. The first-order valence-corrected chi connectivity index (χ1v) is 6.76. The zero-order valence-electron chi connectivity index (χ0n) is 12.0. The van der Waals surface area contributed by atoms with Gasteiger partial charge in [-0.1, -0.05) is 0 Å². The number of hydrogen-bond donors (Lipinski definition) is 3. The Bertz CT molecular complexity index is 584. The van der Waals surface area contributed by atoms with Crippen LogP contribution >= 0.6 is 0 Å². The molecule has 6 nitrogen and oxygen atoms in total. The summed E-state index contributed by atoms with van der Waals surface area (Å²) in [5.74, 6) is 0.494. The fourth-order valence-electron chi connectivity index (χ4n) is 1.99. The van der Waals surface area contributed by atoms with E-state index in [-0.39, 0.29) is 12.1 Å². The molecule has 2 atom stereocenters. The predicted molar refractivity (Wildman–Crippen MR) is 78.9 cm³/mol. The van der Waals surface area contributed by atoms with Crippen molar-refractivity contribution < 1.29 is 14.3 Å². The number of aryl methyl sites for hydroxylation is 1. The van der Waals surface area contributed by atoms with E-state index in [0.717, 1.165) is 5.56 Å². The highest BCUT2D eigenvalue weighted by molar-refractivity contribution is 5.90. The summed E-state index contributed by atoms with van der Waals surface area (Å²) in [4.78, 5) is 15.9. The maximum atomic E-state index is 11.9. The molecule has 0 saturated carbocycles. The Morgan fingerprint density at radius 2 is 2.29 bits per heavy atom. The molecule has 0 aliphatic carbocycles. The van der Waals surface area contributed by atoms with E-state index in [1.807, 2.05) is 13.8 Å². The second-order valence-electron chi connectivity index (χ2n) is 4.96. The van der Waals surface area contributed by atoms with Gasteiger partial charge >= 0.3 is 6.03 Å². The summed E-state index contributed by atoms with van der Waals surface area (Å²) in [6.45, 7) is 3.69. The molecular formula is C15H19N3O3. The minimum Gasteiger partial charge on any atom is -0.467 e. The van der Waals surface area contributed by atoms with Gasteiger partial charge in [0, 0.05) is 30.5 Å². The Hall–Kier alpha value is -2.34. The number of hydrogen-bond acceptors (Lipinski definition) is 4. The monoisotopic (exact) mass is 289 g/mol. The minimum absolute atomic E-state index is 0.202. The van der Waals surface area contributed by atoms with Crippen LogP contribution in [-0.4, -0.2) is 22.2 Å². The van der Waals surface area contributed by atoms with Crippen LogP contribution in [0.2, 0.25) is 0 Å². The van der Waals surface area contributed by atoms with Crippen LogP contribution < -0.4 is 10.6 Å². The second-order valence-corrected chi connectivity index (χ2v) is 4.96. The first-order chi connectivity index (χ1) is 10.1. The van der Waals surface area contributed by atoms with Gasteiger partial charge in [-0.25, -0.2) is 4.79 Å². The number of pyridine rings is 1. The molecule has 0 bridgehead atoms. The molecule has 0 spiro atoms. The van der Waals surface area contributed by atoms with Crippen molar-refractivity contribution in [2.24, 2.45) is 0 Å². The van der Waals surface area contributed by atoms with Gasteiger partial charge in [-0.3, -0.25) is 4.98 Å². The highest BCUT2D eigenvalue weighted by atomic mass is 16.4. The molecule has 2 heterocycles. The summed E-state index contributed by atoms with van der Waals surface area (Å²) in [6, 6.07) is 4.64. The maximum Gasteiger partial charge on any atom is 0.319 e. The summed E-state index contributed by atoms with van der Waals surface area (Å²) in [6.07, 6.45) is 4.44. The van der Waals surface area contributed by atoms with Gasteiger partial charge in [0.15, 0.2) is 0 Å². The van der Waals surface area contributed by atoms with Gasteiger partial charge in [0.25, 0.3) is 0 Å². The van der Waals surface area contributed by atoms with E-state index in [0.29, 0.717) is 17.9 Å². The lowest BCUT2D eigenvalue weighted by Gasteiger charge is -2.17. The van der Waals surface area contributed by atoms with Gasteiger partial charge < -0.3 is 20.2 Å². The van der Waals surface area contributed by atoms with Gasteiger partial charge in [-0.2, -0.15) is 0 Å². The van der Waals surface area contributed by atoms with Crippen LogP contribution in [0.1, 0.15) is 30.8 Å². The Kier molecular flexibility index (Phi) is 4.94. The summed E-state index contributed by atoms with van der Waals surface area (Å²) in [5, 5.41) is 15.5. The van der Waals surface area contributed by atoms with Gasteiger partial charge in [-0.05, 0) is 37.6 Å². The molecule has 112 valence electrons. The van der Waals surface area contributed by atoms with Crippen molar-refractivity contribution in [1.82, 2.24) is 10.3 Å². The molecule has 2 unspecified atom stereocenters. The van der Waals surface area contributed by atoms with Crippen molar-refractivity contribution in [3.8, 4) is 0 Å². The van der Waals surface area contributed by atoms with Crippen LogP contribution in [0.4, 0.5) is 10.5 Å². The molecule has 0 fully saturated rings. The average molecular weight is 289 g/mol. The molecule has 0 aliphatic heterocycles. The van der Waals surface area contributed by atoms with E-state index in [9.17, 15) is 9.90 Å². The Balaban J connectivity index is 1.83. The molecule has 2 amide bonds. The first-order valence-electron chi connectivity index (χ1n) is 6.76. The van der Waals surface area contributed by atoms with Gasteiger partial charge in [-0.15, -0.1) is 0 Å². The summed E-state index contributed by atoms with van der Waals surface area (Å²) < 4.78 is 5.13. The van der Waals surface area contributed by atoms with Crippen molar-refractivity contribution in [2.75, 3.05) is 5.32 Å². The number of aromatic nitrogens is 1. The largest absolute Gasteiger partial charge is 0.467 e. The van der Waals surface area contributed by atoms with Crippen LogP contribution in [0.3, 0.4) is 0 Å². The normalized spacial score (nSPS) is 13.5. The van der Waals surface area contributed by atoms with Crippen LogP contribution in [0.15, 0.2) is 41.3 Å². The molecule has 0 aliphatic rings. The van der Waals surface area contributed by atoms with E-state index in [4.69, 9.17) is 4.42 Å². The summed E-state index contributed by atoms with van der Waals surface area (Å²) >= 11 is 0. The quantitative estimate of drug-likeness (QED) is 0.789. The third kappa shape index (κ3) is 4.32. The number of carbonyl (C=O) groups is 1. The lowest BCUT2D eigenvalue weighted by Crippen LogP contribution is -2.37. The number of aliphatic hydroxyl groups is 1. The van der Waals surface area contributed by atoms with E-state index in [2.05, 4.69) is 15.6 Å². The van der Waals surface area contributed by atoms with Crippen molar-refractivity contribution in [3.05, 3.63) is 48.2 Å². The Morgan fingerprint density at radius 1 is 1.48 bits per heavy atom. The van der Waals surface area contributed by atoms with Crippen LogP contribution in [0.5, 0.6) is 0 Å². The SMILES string of the molecule is Cc1cnccc1NC(=O)NC(C)CC(O)c1ccco1. The number of rotatable bonds is 5. The standard InChI is InChI=1S/C15H19N3O3/c1-10-9-16-6-5-12(10)18-15(20)17-11(2)8-13(19)14-4-3-7-21-14/h3-7,9,11,13,19H,8H2,1-2H3,(H2,16,17,18,20). The van der Waals surface area contributed by atoms with Crippen LogP contribution in [0.25, 0.3) is 0 Å². The highest BCUT2D eigenvalue weighted by Crippen LogP contribution is 2.18. The Morgan fingerprint density at radius 3 is 2.95 bits per heavy atom. The first kappa shape index (κ1) is 15.1. The minimum atomic E-state index is -0.738. The summed E-state index contributed by atoms with van der Waals surface area (Å²) in [7, 11) is 0. The van der Waals surface area contributed by atoms with E-state index in [1.54, 1.807) is 30.6 Å². The molecule has 2 aromatic rings. The Labute approximate surface area is 123 Å². The van der Waals surface area contributed by atoms with Crippen molar-refractivity contribution >= 4 is 11.7 Å². The van der Waals surface area contributed by atoms with Crippen molar-refractivity contribution in [2.45, 2.75) is 32.4 Å². The fourth-order valence-corrected chi connectivity index (χ4v) is 1.99. The number of amides is 2. The molecule has 2 rings (SSSR count). The number of anilines is 1. The lowest BCUT2D eigenvalue weighted by atomic mass is 10.1. The molecule has 6 heteroatoms. The number of urea groups is 1. The van der Waals surface area contributed by atoms with Gasteiger partial charge in [0.2, 0.25) is 0 Å². The zero-order valence-corrected chi connectivity index (χ0v) is 12.0. The molecule has 2 aromatic heterocycles. The van der Waals surface area contributed by atoms with Gasteiger partial charge in [0.1, 0.15) is 11.9 Å².